The summed E-state index contributed by atoms with van der Waals surface area (Å²) in [5.74, 6) is 0.184. The van der Waals surface area contributed by atoms with Crippen molar-refractivity contribution in [3.63, 3.8) is 0 Å². The summed E-state index contributed by atoms with van der Waals surface area (Å²) in [6.45, 7) is 0. The zero-order chi connectivity index (χ0) is 13.0. The summed E-state index contributed by atoms with van der Waals surface area (Å²) in [5.41, 5.74) is 6.42. The van der Waals surface area contributed by atoms with Gasteiger partial charge in [-0.1, -0.05) is 35.5 Å². The number of aromatic nitrogens is 3. The quantitative estimate of drug-likeness (QED) is 0.528. The van der Waals surface area contributed by atoms with Gasteiger partial charge in [-0.05, 0) is 23.2 Å². The second-order valence-electron chi connectivity index (χ2n) is 3.09. The molecule has 0 aliphatic rings. The smallest absolute Gasteiger partial charge is 0.351 e. The van der Waals surface area contributed by atoms with E-state index in [2.05, 4.69) is 20.1 Å². The van der Waals surface area contributed by atoms with Crippen molar-refractivity contribution >= 4 is 29.0 Å². The molecule has 2 aromatic rings. The predicted molar refractivity (Wildman–Crippen MR) is 67.6 cm³/mol. The number of oxime groups is 1. The number of halogens is 2. The molecular formula is C10H7Cl2N5O. The highest BCUT2D eigenvalue weighted by atomic mass is 35.5. The van der Waals surface area contributed by atoms with E-state index in [9.17, 15) is 0 Å². The number of amidine groups is 1. The molecule has 8 heteroatoms. The van der Waals surface area contributed by atoms with Crippen molar-refractivity contribution in [1.82, 2.24) is 15.0 Å². The summed E-state index contributed by atoms with van der Waals surface area (Å²) in [6.07, 6.45) is 0. The van der Waals surface area contributed by atoms with Crippen LogP contribution in [0.5, 0.6) is 6.01 Å². The van der Waals surface area contributed by atoms with E-state index in [1.807, 2.05) is 18.2 Å². The van der Waals surface area contributed by atoms with Crippen molar-refractivity contribution in [1.29, 1.82) is 0 Å². The molecule has 0 saturated heterocycles. The number of rotatable bonds is 3. The number of hydrogen-bond acceptors (Lipinski definition) is 5. The summed E-state index contributed by atoms with van der Waals surface area (Å²) in [4.78, 5) is 15.8. The van der Waals surface area contributed by atoms with Gasteiger partial charge in [0, 0.05) is 5.56 Å². The molecule has 0 saturated carbocycles. The topological polar surface area (TPSA) is 86.3 Å². The van der Waals surface area contributed by atoms with Crippen molar-refractivity contribution in [2.45, 2.75) is 0 Å². The van der Waals surface area contributed by atoms with Gasteiger partial charge in [0.05, 0.1) is 0 Å². The van der Waals surface area contributed by atoms with Gasteiger partial charge in [-0.3, -0.25) is 0 Å². The lowest BCUT2D eigenvalue weighted by atomic mass is 10.2. The first-order valence-electron chi connectivity index (χ1n) is 4.78. The van der Waals surface area contributed by atoms with E-state index in [0.29, 0.717) is 5.56 Å². The van der Waals surface area contributed by atoms with Crippen LogP contribution in [0.1, 0.15) is 5.56 Å². The average molecular weight is 284 g/mol. The zero-order valence-electron chi connectivity index (χ0n) is 8.92. The van der Waals surface area contributed by atoms with Crippen LogP contribution in [-0.2, 0) is 0 Å². The molecule has 0 aliphatic heterocycles. The van der Waals surface area contributed by atoms with E-state index in [1.165, 1.54) is 0 Å². The highest BCUT2D eigenvalue weighted by Crippen LogP contribution is 2.11. The Kier molecular flexibility index (Phi) is 3.91. The fourth-order valence-corrected chi connectivity index (χ4v) is 1.45. The van der Waals surface area contributed by atoms with Crippen LogP contribution in [-0.4, -0.2) is 20.8 Å². The molecule has 0 unspecified atom stereocenters. The number of benzene rings is 1. The molecule has 2 N–H and O–H groups in total. The Hall–Kier alpha value is -1.92. The van der Waals surface area contributed by atoms with Gasteiger partial charge < -0.3 is 10.6 Å². The van der Waals surface area contributed by atoms with Crippen LogP contribution in [0.3, 0.4) is 0 Å². The molecule has 0 amide bonds. The van der Waals surface area contributed by atoms with Crippen LogP contribution < -0.4 is 10.6 Å². The maximum absolute atomic E-state index is 5.71. The lowest BCUT2D eigenvalue weighted by molar-refractivity contribution is 0.311. The van der Waals surface area contributed by atoms with E-state index in [1.54, 1.807) is 12.1 Å². The van der Waals surface area contributed by atoms with Crippen LogP contribution in [0.2, 0.25) is 10.6 Å². The molecule has 18 heavy (non-hydrogen) atoms. The molecule has 1 aromatic carbocycles. The van der Waals surface area contributed by atoms with Gasteiger partial charge in [0.25, 0.3) is 0 Å². The Labute approximate surface area is 112 Å². The standard InChI is InChI=1S/C10H7Cl2N5O/c11-8-14-9(12)16-10(15-8)18-17-7(13)6-4-2-1-3-5-6/h1-5H,(H2,13,17). The molecule has 0 spiro atoms. The molecule has 0 radical (unpaired) electrons. The molecule has 0 fully saturated rings. The third kappa shape index (κ3) is 3.28. The lowest BCUT2D eigenvalue weighted by Crippen LogP contribution is -2.14. The third-order valence-electron chi connectivity index (χ3n) is 1.86. The summed E-state index contributed by atoms with van der Waals surface area (Å²) in [7, 11) is 0. The van der Waals surface area contributed by atoms with Gasteiger partial charge in [-0.25, -0.2) is 0 Å². The van der Waals surface area contributed by atoms with Crippen molar-refractivity contribution in [3.05, 3.63) is 46.5 Å². The second-order valence-corrected chi connectivity index (χ2v) is 3.77. The van der Waals surface area contributed by atoms with Crippen molar-refractivity contribution < 1.29 is 4.84 Å². The van der Waals surface area contributed by atoms with E-state index in [-0.39, 0.29) is 22.4 Å². The predicted octanol–water partition coefficient (Wildman–Crippen LogP) is 1.88. The Morgan fingerprint density at radius 3 is 2.28 bits per heavy atom. The fraction of sp³-hybridized carbons (Fsp3) is 0. The first kappa shape index (κ1) is 12.5. The molecule has 0 aliphatic carbocycles. The summed E-state index contributed by atoms with van der Waals surface area (Å²) >= 11 is 11.2. The van der Waals surface area contributed by atoms with Gasteiger partial charge >= 0.3 is 6.01 Å². The van der Waals surface area contributed by atoms with Gasteiger partial charge in [0.1, 0.15) is 0 Å². The van der Waals surface area contributed by atoms with Crippen LogP contribution in [0, 0.1) is 0 Å². The first-order chi connectivity index (χ1) is 8.65. The number of nitrogens with two attached hydrogens (primary N) is 1. The molecule has 6 nitrogen and oxygen atoms in total. The lowest BCUT2D eigenvalue weighted by Gasteiger charge is -2.00. The van der Waals surface area contributed by atoms with Gasteiger partial charge in [-0.15, -0.1) is 0 Å². The minimum absolute atomic E-state index is 0.0847. The highest BCUT2D eigenvalue weighted by Gasteiger charge is 2.05. The van der Waals surface area contributed by atoms with E-state index in [0.717, 1.165) is 0 Å². The zero-order valence-corrected chi connectivity index (χ0v) is 10.4. The third-order valence-corrected chi connectivity index (χ3v) is 2.19. The first-order valence-corrected chi connectivity index (χ1v) is 5.54. The largest absolute Gasteiger partial charge is 0.380 e. The van der Waals surface area contributed by atoms with E-state index < -0.39 is 0 Å². The summed E-state index contributed by atoms with van der Waals surface area (Å²) in [5, 5.41) is 3.50. The van der Waals surface area contributed by atoms with Crippen LogP contribution >= 0.6 is 23.2 Å². The SMILES string of the molecule is NC(=NOc1nc(Cl)nc(Cl)n1)c1ccccc1. The van der Waals surface area contributed by atoms with Crippen molar-refractivity contribution in [2.24, 2.45) is 10.9 Å². The minimum atomic E-state index is -0.126. The molecule has 2 rings (SSSR count). The van der Waals surface area contributed by atoms with Crippen LogP contribution in [0.25, 0.3) is 0 Å². The van der Waals surface area contributed by atoms with E-state index >= 15 is 0 Å². The summed E-state index contributed by atoms with van der Waals surface area (Å²) < 4.78 is 0. The van der Waals surface area contributed by atoms with E-state index in [4.69, 9.17) is 33.8 Å². The molecule has 92 valence electrons. The molecule has 0 bridgehead atoms. The highest BCUT2D eigenvalue weighted by molar-refractivity contribution is 6.31. The molecular weight excluding hydrogens is 277 g/mol. The fourth-order valence-electron chi connectivity index (χ4n) is 1.10. The molecule has 0 atom stereocenters. The normalized spacial score (nSPS) is 11.3. The second kappa shape index (κ2) is 5.61. The minimum Gasteiger partial charge on any atom is -0.380 e. The van der Waals surface area contributed by atoms with Gasteiger partial charge in [0.15, 0.2) is 5.84 Å². The molecule has 1 heterocycles. The van der Waals surface area contributed by atoms with Crippen molar-refractivity contribution in [3.8, 4) is 6.01 Å². The Morgan fingerprint density at radius 1 is 1.06 bits per heavy atom. The Balaban J connectivity index is 2.15. The van der Waals surface area contributed by atoms with Gasteiger partial charge in [0.2, 0.25) is 10.6 Å². The maximum atomic E-state index is 5.71. The van der Waals surface area contributed by atoms with Crippen molar-refractivity contribution in [2.75, 3.05) is 0 Å². The monoisotopic (exact) mass is 283 g/mol. The van der Waals surface area contributed by atoms with Gasteiger partial charge in [-0.2, -0.15) is 15.0 Å². The Bertz CT molecular complexity index is 555. The average Bonchev–Trinajstić information content (AvgIpc) is 2.36. The molecule has 1 aromatic heterocycles. The maximum Gasteiger partial charge on any atom is 0.351 e. The van der Waals surface area contributed by atoms with Crippen LogP contribution in [0.15, 0.2) is 35.5 Å². The Morgan fingerprint density at radius 2 is 1.67 bits per heavy atom. The van der Waals surface area contributed by atoms with Crippen LogP contribution in [0.4, 0.5) is 0 Å². The summed E-state index contributed by atoms with van der Waals surface area (Å²) in [6, 6.07) is 8.97. The number of nitrogens with zero attached hydrogens (tertiary/aromatic N) is 4. The number of hydrogen-bond donors (Lipinski definition) is 1.